The molecule has 1 N–H and O–H groups in total. The van der Waals surface area contributed by atoms with E-state index in [1.807, 2.05) is 6.92 Å². The van der Waals surface area contributed by atoms with E-state index in [4.69, 9.17) is 5.26 Å². The lowest BCUT2D eigenvalue weighted by molar-refractivity contribution is 0.496. The van der Waals surface area contributed by atoms with Crippen LogP contribution in [-0.2, 0) is 0 Å². The quantitative estimate of drug-likeness (QED) is 0.493. The Labute approximate surface area is 49.5 Å². The van der Waals surface area contributed by atoms with Gasteiger partial charge in [-0.3, -0.25) is 0 Å². The molecule has 0 spiro atoms. The summed E-state index contributed by atoms with van der Waals surface area (Å²) in [6.07, 6.45) is 1.00. The second kappa shape index (κ2) is 1.75. The normalized spacial score (nSPS) is 37.0. The zero-order valence-electron chi connectivity index (χ0n) is 5.07. The van der Waals surface area contributed by atoms with Crippen molar-refractivity contribution in [3.63, 3.8) is 0 Å². The van der Waals surface area contributed by atoms with Crippen molar-refractivity contribution in [1.29, 1.82) is 5.26 Å². The minimum absolute atomic E-state index is 0.0694. The maximum absolute atomic E-state index is 8.54. The lowest BCUT2D eigenvalue weighted by Gasteiger charge is -2.08. The van der Waals surface area contributed by atoms with Crippen LogP contribution in [0.3, 0.4) is 0 Å². The highest BCUT2D eigenvalue weighted by Crippen LogP contribution is 2.21. The van der Waals surface area contributed by atoms with Crippen molar-refractivity contribution in [3.05, 3.63) is 0 Å². The van der Waals surface area contributed by atoms with E-state index in [1.54, 1.807) is 0 Å². The van der Waals surface area contributed by atoms with Gasteiger partial charge in [-0.15, -0.1) is 0 Å². The van der Waals surface area contributed by atoms with Gasteiger partial charge in [0.2, 0.25) is 0 Å². The molecule has 1 atom stereocenters. The second-order valence-electron chi connectivity index (χ2n) is 2.60. The summed E-state index contributed by atoms with van der Waals surface area (Å²) in [6.45, 7) is 3.86. The van der Waals surface area contributed by atoms with E-state index in [0.717, 1.165) is 19.5 Å². The molecular weight excluding hydrogens is 100 g/mol. The molecule has 0 unspecified atom stereocenters. The molecule has 8 heavy (non-hydrogen) atoms. The van der Waals surface area contributed by atoms with Gasteiger partial charge in [0, 0.05) is 6.54 Å². The Kier molecular flexibility index (Phi) is 1.22. The molecule has 1 aliphatic heterocycles. The minimum atomic E-state index is -0.0694. The van der Waals surface area contributed by atoms with E-state index in [2.05, 4.69) is 11.4 Å². The summed E-state index contributed by atoms with van der Waals surface area (Å²) in [5.41, 5.74) is -0.0694. The van der Waals surface area contributed by atoms with Crippen LogP contribution in [0.5, 0.6) is 0 Å². The van der Waals surface area contributed by atoms with Gasteiger partial charge in [0.05, 0.1) is 11.5 Å². The van der Waals surface area contributed by atoms with E-state index in [1.165, 1.54) is 0 Å². The van der Waals surface area contributed by atoms with Crippen molar-refractivity contribution in [2.45, 2.75) is 13.3 Å². The molecule has 0 aliphatic carbocycles. The van der Waals surface area contributed by atoms with Crippen LogP contribution >= 0.6 is 0 Å². The van der Waals surface area contributed by atoms with Gasteiger partial charge in [-0.1, -0.05) is 0 Å². The van der Waals surface area contributed by atoms with Crippen LogP contribution in [0.15, 0.2) is 0 Å². The van der Waals surface area contributed by atoms with Gasteiger partial charge in [-0.25, -0.2) is 0 Å². The molecule has 2 heteroatoms. The third kappa shape index (κ3) is 0.823. The average Bonchev–Trinajstić information content (AvgIpc) is 2.17. The standard InChI is InChI=1S/C6H10N2/c1-6(4-7)2-3-8-5-6/h8H,2-3,5H2,1H3/t6-/m0/s1. The van der Waals surface area contributed by atoms with Crippen molar-refractivity contribution >= 4 is 0 Å². The number of hydrogen-bond donors (Lipinski definition) is 1. The molecule has 44 valence electrons. The molecule has 0 aromatic rings. The van der Waals surface area contributed by atoms with Crippen molar-refractivity contribution in [2.75, 3.05) is 13.1 Å². The fourth-order valence-electron chi connectivity index (χ4n) is 0.912. The van der Waals surface area contributed by atoms with Crippen molar-refractivity contribution in [2.24, 2.45) is 5.41 Å². The molecule has 2 nitrogen and oxygen atoms in total. The van der Waals surface area contributed by atoms with Gasteiger partial charge in [0.15, 0.2) is 0 Å². The van der Waals surface area contributed by atoms with Crippen molar-refractivity contribution in [1.82, 2.24) is 5.32 Å². The summed E-state index contributed by atoms with van der Waals surface area (Å²) < 4.78 is 0. The Balaban J connectivity index is 2.56. The van der Waals surface area contributed by atoms with Gasteiger partial charge < -0.3 is 5.32 Å². The topological polar surface area (TPSA) is 35.8 Å². The van der Waals surface area contributed by atoms with Gasteiger partial charge in [-0.2, -0.15) is 5.26 Å². The average molecular weight is 110 g/mol. The van der Waals surface area contributed by atoms with Crippen LogP contribution in [0.25, 0.3) is 0 Å². The smallest absolute Gasteiger partial charge is 0.0700 e. The number of rotatable bonds is 0. The second-order valence-corrected chi connectivity index (χ2v) is 2.60. The van der Waals surface area contributed by atoms with Gasteiger partial charge >= 0.3 is 0 Å². The molecule has 0 amide bonds. The Hall–Kier alpha value is -0.550. The highest BCUT2D eigenvalue weighted by molar-refractivity contribution is 5.00. The lowest BCUT2D eigenvalue weighted by Crippen LogP contribution is -2.17. The van der Waals surface area contributed by atoms with E-state index in [0.29, 0.717) is 0 Å². The van der Waals surface area contributed by atoms with Crippen LogP contribution in [0, 0.1) is 16.7 Å². The molecule has 0 aromatic carbocycles. The molecule has 1 fully saturated rings. The van der Waals surface area contributed by atoms with E-state index < -0.39 is 0 Å². The predicted molar refractivity (Wildman–Crippen MR) is 31.2 cm³/mol. The zero-order chi connectivity index (χ0) is 6.04. The Morgan fingerprint density at radius 1 is 1.75 bits per heavy atom. The van der Waals surface area contributed by atoms with Crippen LogP contribution in [0.2, 0.25) is 0 Å². The Morgan fingerprint density at radius 3 is 2.75 bits per heavy atom. The first-order valence-electron chi connectivity index (χ1n) is 2.89. The van der Waals surface area contributed by atoms with Crippen LogP contribution in [0.4, 0.5) is 0 Å². The zero-order valence-corrected chi connectivity index (χ0v) is 5.07. The third-order valence-electron chi connectivity index (χ3n) is 1.64. The SMILES string of the molecule is C[C@@]1(C#N)CCNC1. The molecule has 1 saturated heterocycles. The summed E-state index contributed by atoms with van der Waals surface area (Å²) in [5, 5.41) is 11.7. The Bertz CT molecular complexity index is 117. The first-order chi connectivity index (χ1) is 3.77. The van der Waals surface area contributed by atoms with Crippen LogP contribution in [0.1, 0.15) is 13.3 Å². The molecule has 0 radical (unpaired) electrons. The molecule has 0 aromatic heterocycles. The number of nitrogens with one attached hydrogen (secondary N) is 1. The van der Waals surface area contributed by atoms with E-state index in [-0.39, 0.29) is 5.41 Å². The maximum Gasteiger partial charge on any atom is 0.0700 e. The molecule has 1 rings (SSSR count). The number of nitriles is 1. The van der Waals surface area contributed by atoms with E-state index in [9.17, 15) is 0 Å². The number of hydrogen-bond acceptors (Lipinski definition) is 2. The first kappa shape index (κ1) is 5.58. The predicted octanol–water partition coefficient (Wildman–Crippen LogP) is 0.510. The fourth-order valence-corrected chi connectivity index (χ4v) is 0.912. The van der Waals surface area contributed by atoms with E-state index >= 15 is 0 Å². The first-order valence-corrected chi connectivity index (χ1v) is 2.89. The van der Waals surface area contributed by atoms with Crippen LogP contribution in [-0.4, -0.2) is 13.1 Å². The van der Waals surface area contributed by atoms with Crippen LogP contribution < -0.4 is 5.32 Å². The maximum atomic E-state index is 8.54. The van der Waals surface area contributed by atoms with Crippen molar-refractivity contribution in [3.8, 4) is 6.07 Å². The third-order valence-corrected chi connectivity index (χ3v) is 1.64. The van der Waals surface area contributed by atoms with Gasteiger partial charge in [0.1, 0.15) is 0 Å². The molecular formula is C6H10N2. The molecule has 1 heterocycles. The highest BCUT2D eigenvalue weighted by Gasteiger charge is 2.27. The summed E-state index contributed by atoms with van der Waals surface area (Å²) in [6, 6.07) is 2.28. The summed E-state index contributed by atoms with van der Waals surface area (Å²) in [4.78, 5) is 0. The Morgan fingerprint density at radius 2 is 2.50 bits per heavy atom. The molecule has 0 saturated carbocycles. The minimum Gasteiger partial charge on any atom is -0.315 e. The fraction of sp³-hybridized carbons (Fsp3) is 0.833. The largest absolute Gasteiger partial charge is 0.315 e. The molecule has 1 aliphatic rings. The van der Waals surface area contributed by atoms with Gasteiger partial charge in [-0.05, 0) is 19.9 Å². The number of nitrogens with zero attached hydrogens (tertiary/aromatic N) is 1. The summed E-state index contributed by atoms with van der Waals surface area (Å²) in [5.74, 6) is 0. The lowest BCUT2D eigenvalue weighted by atomic mass is 9.92. The van der Waals surface area contributed by atoms with Crippen molar-refractivity contribution < 1.29 is 0 Å². The molecule has 0 bridgehead atoms. The highest BCUT2D eigenvalue weighted by atomic mass is 14.9. The van der Waals surface area contributed by atoms with Gasteiger partial charge in [0.25, 0.3) is 0 Å². The summed E-state index contributed by atoms with van der Waals surface area (Å²) in [7, 11) is 0. The monoisotopic (exact) mass is 110 g/mol. The summed E-state index contributed by atoms with van der Waals surface area (Å²) >= 11 is 0.